The fourth-order valence-electron chi connectivity index (χ4n) is 9.26. The average molecular weight is 805 g/mol. The predicted octanol–water partition coefficient (Wildman–Crippen LogP) is 5.35. The van der Waals surface area contributed by atoms with Gasteiger partial charge >= 0.3 is 12.1 Å². The Balaban J connectivity index is 1.59. The standard InChI is InChI=1S/C44H60N4O10/c1-11-34-44(8)38(48(19-18-45)42(53)58-44)27(4)35(49)25(2)23-43(7,54-20-14-15-30-22-31-16-12-13-17-32(31)46-24-30)39(28(5)36(50)29(6)40(52)56-34)57-41-37(51)33(47(9)10)21-26(3)55-41/h12-17,22,24-29,33-34,37-39,41,51H,11,19-21,23H2,1-10H3/b15-14+/t25-,26-,27+,28+,29-,33+,34-,37-,38-,39-,41+,43-,44-/m1/s1. The number of aliphatic hydroxyl groups excluding tert-OH is 1. The molecule has 1 amide bonds. The molecule has 3 saturated heterocycles. The summed E-state index contributed by atoms with van der Waals surface area (Å²) >= 11 is 0. The number of aromatic nitrogens is 1. The zero-order valence-corrected chi connectivity index (χ0v) is 35.4. The van der Waals surface area contributed by atoms with E-state index in [9.17, 15) is 29.5 Å². The van der Waals surface area contributed by atoms with Gasteiger partial charge in [0.1, 0.15) is 30.5 Å². The lowest BCUT2D eigenvalue weighted by atomic mass is 9.73. The van der Waals surface area contributed by atoms with E-state index in [1.807, 2.05) is 74.5 Å². The minimum absolute atomic E-state index is 0.0279. The molecule has 3 aliphatic heterocycles. The van der Waals surface area contributed by atoms with E-state index in [-0.39, 0.29) is 43.9 Å². The smallest absolute Gasteiger partial charge is 0.411 e. The highest BCUT2D eigenvalue weighted by Gasteiger charge is 2.60. The largest absolute Gasteiger partial charge is 0.458 e. The fourth-order valence-corrected chi connectivity index (χ4v) is 9.26. The molecule has 0 aliphatic carbocycles. The summed E-state index contributed by atoms with van der Waals surface area (Å²) in [5, 5.41) is 22.3. The molecule has 14 heteroatoms. The van der Waals surface area contributed by atoms with Crippen molar-refractivity contribution in [3.05, 3.63) is 48.2 Å². The number of carbonyl (C=O) groups excluding carboxylic acids is 4. The minimum atomic E-state index is -1.52. The van der Waals surface area contributed by atoms with Crippen LogP contribution in [0.5, 0.6) is 0 Å². The van der Waals surface area contributed by atoms with E-state index in [0.29, 0.717) is 6.42 Å². The number of pyridine rings is 1. The molecule has 14 nitrogen and oxygen atoms in total. The maximum absolute atomic E-state index is 14.7. The van der Waals surface area contributed by atoms with E-state index in [2.05, 4.69) is 4.98 Å². The van der Waals surface area contributed by atoms with Crippen molar-refractivity contribution in [1.29, 1.82) is 5.26 Å². The highest BCUT2D eigenvalue weighted by atomic mass is 16.7. The molecule has 58 heavy (non-hydrogen) atoms. The highest BCUT2D eigenvalue weighted by Crippen LogP contribution is 2.43. The van der Waals surface area contributed by atoms with Crippen LogP contribution >= 0.6 is 0 Å². The Morgan fingerprint density at radius 2 is 1.78 bits per heavy atom. The van der Waals surface area contributed by atoms with E-state index >= 15 is 0 Å². The molecule has 1 aromatic carbocycles. The molecule has 4 heterocycles. The number of likely N-dealkylation sites (N-methyl/N-ethyl adjacent to an activating group) is 1. The molecule has 3 fully saturated rings. The van der Waals surface area contributed by atoms with E-state index in [4.69, 9.17) is 23.7 Å². The van der Waals surface area contributed by atoms with Crippen molar-refractivity contribution >= 4 is 40.6 Å². The summed E-state index contributed by atoms with van der Waals surface area (Å²) in [6, 6.07) is 10.5. The second-order valence-corrected chi connectivity index (χ2v) is 16.9. The van der Waals surface area contributed by atoms with E-state index in [1.165, 1.54) is 11.8 Å². The molecule has 13 atom stereocenters. The molecule has 3 aliphatic rings. The second-order valence-electron chi connectivity index (χ2n) is 16.9. The van der Waals surface area contributed by atoms with Crippen molar-refractivity contribution in [2.75, 3.05) is 27.2 Å². The number of rotatable bonds is 9. The van der Waals surface area contributed by atoms with Crippen LogP contribution in [0.4, 0.5) is 4.79 Å². The van der Waals surface area contributed by atoms with Crippen molar-refractivity contribution in [2.45, 2.75) is 129 Å². The Labute approximate surface area is 341 Å². The van der Waals surface area contributed by atoms with Gasteiger partial charge in [-0.3, -0.25) is 24.3 Å². The van der Waals surface area contributed by atoms with Crippen LogP contribution in [-0.4, -0.2) is 125 Å². The summed E-state index contributed by atoms with van der Waals surface area (Å²) in [5.74, 6) is -5.58. The molecule has 0 bridgehead atoms. The van der Waals surface area contributed by atoms with Gasteiger partial charge in [-0.25, -0.2) is 4.79 Å². The van der Waals surface area contributed by atoms with Crippen LogP contribution in [0.2, 0.25) is 0 Å². The number of para-hydroxylation sites is 1. The van der Waals surface area contributed by atoms with Gasteiger partial charge in [0.25, 0.3) is 0 Å². The minimum Gasteiger partial charge on any atom is -0.458 e. The van der Waals surface area contributed by atoms with Gasteiger partial charge in [0.05, 0.1) is 42.0 Å². The highest BCUT2D eigenvalue weighted by molar-refractivity contribution is 6.00. The van der Waals surface area contributed by atoms with Crippen molar-refractivity contribution in [2.24, 2.45) is 23.7 Å². The third-order valence-electron chi connectivity index (χ3n) is 12.4. The van der Waals surface area contributed by atoms with Crippen LogP contribution in [0.1, 0.15) is 80.2 Å². The quantitative estimate of drug-likeness (QED) is 0.195. The number of amides is 1. The number of hydrogen-bond acceptors (Lipinski definition) is 13. The van der Waals surface area contributed by atoms with Gasteiger partial charge in [0, 0.05) is 35.4 Å². The number of hydrogen-bond donors (Lipinski definition) is 1. The van der Waals surface area contributed by atoms with Crippen molar-refractivity contribution in [1.82, 2.24) is 14.8 Å². The van der Waals surface area contributed by atoms with E-state index < -0.39 is 83.4 Å². The van der Waals surface area contributed by atoms with Crippen molar-refractivity contribution < 1.29 is 48.0 Å². The van der Waals surface area contributed by atoms with Gasteiger partial charge in [-0.05, 0) is 78.7 Å². The number of benzene rings is 1. The maximum Gasteiger partial charge on any atom is 0.411 e. The van der Waals surface area contributed by atoms with Gasteiger partial charge in [0.2, 0.25) is 0 Å². The number of Topliss-reactive ketones (excluding diaryl/α,β-unsaturated/α-hetero) is 2. The normalized spacial score (nSPS) is 36.7. The van der Waals surface area contributed by atoms with Crippen LogP contribution in [0.25, 0.3) is 17.0 Å². The first-order valence-electron chi connectivity index (χ1n) is 20.3. The van der Waals surface area contributed by atoms with Crippen LogP contribution in [0.3, 0.4) is 0 Å². The number of nitriles is 1. The first kappa shape index (κ1) is 44.8. The molecule has 0 saturated carbocycles. The number of nitrogens with zero attached hydrogens (tertiary/aromatic N) is 4. The number of ether oxygens (including phenoxy) is 5. The third kappa shape index (κ3) is 9.14. The SMILES string of the molecule is CC[C@H]1OC(=O)[C@H](C)C(=O)[C@H](C)[C@@H](O[C@@H]2O[C@H](C)C[C@H](N(C)C)[C@H]2O)[C@](C)(OC/C=C/c2cnc3ccccc3c2)C[C@@H](C)C(=O)[C@H](C)[C@H]2N(CC#N)C(=O)O[C@]12C. The molecule has 0 radical (unpaired) electrons. The Hall–Kier alpha value is -4.26. The van der Waals surface area contributed by atoms with Gasteiger partial charge < -0.3 is 33.7 Å². The number of aliphatic hydroxyl groups is 1. The van der Waals surface area contributed by atoms with E-state index in [0.717, 1.165) is 16.5 Å². The average Bonchev–Trinajstić information content (AvgIpc) is 3.45. The maximum atomic E-state index is 14.7. The summed E-state index contributed by atoms with van der Waals surface area (Å²) in [7, 11) is 3.72. The fraction of sp³-hybridized carbons (Fsp3) is 0.636. The Morgan fingerprint density at radius 1 is 1.07 bits per heavy atom. The zero-order valence-electron chi connectivity index (χ0n) is 35.4. The van der Waals surface area contributed by atoms with Crippen LogP contribution in [0, 0.1) is 35.0 Å². The van der Waals surface area contributed by atoms with Crippen LogP contribution in [0.15, 0.2) is 42.6 Å². The monoisotopic (exact) mass is 804 g/mol. The molecule has 0 spiro atoms. The topological polar surface area (TPSA) is 178 Å². The van der Waals surface area contributed by atoms with Gasteiger partial charge in [0.15, 0.2) is 17.7 Å². The summed E-state index contributed by atoms with van der Waals surface area (Å²) in [4.78, 5) is 64.2. The first-order valence-corrected chi connectivity index (χ1v) is 20.3. The number of ketones is 2. The summed E-state index contributed by atoms with van der Waals surface area (Å²) in [6.07, 6.45) is 0.613. The van der Waals surface area contributed by atoms with Crippen molar-refractivity contribution in [3.8, 4) is 6.07 Å². The Bertz CT molecular complexity index is 1900. The lowest BCUT2D eigenvalue weighted by Crippen LogP contribution is -2.60. The molecular formula is C44H60N4O10. The summed E-state index contributed by atoms with van der Waals surface area (Å²) in [5.41, 5.74) is -1.23. The molecule has 2 aromatic rings. The number of carbonyl (C=O) groups is 4. The number of esters is 1. The number of fused-ring (bicyclic) bond motifs is 2. The predicted molar refractivity (Wildman–Crippen MR) is 215 cm³/mol. The third-order valence-corrected chi connectivity index (χ3v) is 12.4. The Kier molecular flexibility index (Phi) is 14.2. The molecule has 5 rings (SSSR count). The van der Waals surface area contributed by atoms with Gasteiger partial charge in [-0.1, -0.05) is 58.0 Å². The van der Waals surface area contributed by atoms with Crippen molar-refractivity contribution in [3.63, 3.8) is 0 Å². The lowest BCUT2D eigenvalue weighted by Gasteiger charge is -2.47. The zero-order chi connectivity index (χ0) is 42.7. The van der Waals surface area contributed by atoms with E-state index in [1.54, 1.807) is 47.7 Å². The second kappa shape index (κ2) is 18.3. The van der Waals surface area contributed by atoms with Gasteiger partial charge in [-0.15, -0.1) is 0 Å². The molecular weight excluding hydrogens is 745 g/mol. The van der Waals surface area contributed by atoms with Crippen LogP contribution < -0.4 is 0 Å². The molecule has 0 unspecified atom stereocenters. The summed E-state index contributed by atoms with van der Waals surface area (Å²) < 4.78 is 31.6. The number of cyclic esters (lactones) is 1. The first-order chi connectivity index (χ1) is 27.4. The molecule has 316 valence electrons. The molecule has 1 N–H and O–H groups in total. The summed E-state index contributed by atoms with van der Waals surface area (Å²) in [6.45, 7) is 13.2. The lowest BCUT2D eigenvalue weighted by molar-refractivity contribution is -0.296. The Morgan fingerprint density at radius 3 is 2.45 bits per heavy atom. The van der Waals surface area contributed by atoms with Gasteiger partial charge in [-0.2, -0.15) is 5.26 Å². The van der Waals surface area contributed by atoms with Crippen LogP contribution in [-0.2, 0) is 38.1 Å². The molecule has 1 aromatic heterocycles.